The van der Waals surface area contributed by atoms with Gasteiger partial charge in [-0.3, -0.25) is 9.59 Å². The summed E-state index contributed by atoms with van der Waals surface area (Å²) in [6.07, 6.45) is 0.592. The van der Waals surface area contributed by atoms with Gasteiger partial charge < -0.3 is 15.4 Å². The average molecular weight is 531 g/mol. The number of amides is 2. The zero-order chi connectivity index (χ0) is 25.4. The molecule has 0 heterocycles. The fourth-order valence-corrected chi connectivity index (χ4v) is 4.64. The van der Waals surface area contributed by atoms with Gasteiger partial charge in [-0.15, -0.1) is 11.8 Å². The SMILES string of the molecule is CCOC(=O)c1ccc(NC(=O)C(CC)Sc2cccc(NC(=O)c3ccc(Cl)cc3Cl)c2)cc1. The maximum atomic E-state index is 12.9. The van der Waals surface area contributed by atoms with Crippen molar-refractivity contribution in [2.75, 3.05) is 17.2 Å². The maximum absolute atomic E-state index is 12.9. The third kappa shape index (κ3) is 7.49. The number of carbonyl (C=O) groups is 3. The Morgan fingerprint density at radius 1 is 0.914 bits per heavy atom. The van der Waals surface area contributed by atoms with Gasteiger partial charge in [0.2, 0.25) is 5.91 Å². The van der Waals surface area contributed by atoms with Crippen LogP contribution in [-0.4, -0.2) is 29.6 Å². The van der Waals surface area contributed by atoms with E-state index in [-0.39, 0.29) is 22.1 Å². The van der Waals surface area contributed by atoms with E-state index in [0.717, 1.165) is 4.90 Å². The number of carbonyl (C=O) groups excluding carboxylic acids is 3. The van der Waals surface area contributed by atoms with E-state index in [0.29, 0.717) is 40.6 Å². The minimum Gasteiger partial charge on any atom is -0.462 e. The van der Waals surface area contributed by atoms with Gasteiger partial charge >= 0.3 is 5.97 Å². The molecule has 0 aliphatic carbocycles. The Balaban J connectivity index is 1.64. The number of hydrogen-bond donors (Lipinski definition) is 2. The molecule has 9 heteroatoms. The second-order valence-electron chi connectivity index (χ2n) is 7.41. The van der Waals surface area contributed by atoms with Crippen molar-refractivity contribution in [2.24, 2.45) is 0 Å². The summed E-state index contributed by atoms with van der Waals surface area (Å²) in [6, 6.07) is 18.5. The third-order valence-corrected chi connectivity index (χ3v) is 6.78. The van der Waals surface area contributed by atoms with Crippen LogP contribution in [0.3, 0.4) is 0 Å². The largest absolute Gasteiger partial charge is 0.462 e. The molecule has 2 amide bonds. The molecule has 2 N–H and O–H groups in total. The zero-order valence-electron chi connectivity index (χ0n) is 19.1. The van der Waals surface area contributed by atoms with Gasteiger partial charge in [-0.05, 0) is 74.0 Å². The Labute approximate surface area is 218 Å². The molecule has 35 heavy (non-hydrogen) atoms. The van der Waals surface area contributed by atoms with Gasteiger partial charge in [-0.2, -0.15) is 0 Å². The van der Waals surface area contributed by atoms with Gasteiger partial charge in [0.05, 0.1) is 28.0 Å². The Kier molecular flexibility index (Phi) is 9.60. The summed E-state index contributed by atoms with van der Waals surface area (Å²) < 4.78 is 4.97. The molecule has 0 spiro atoms. The highest BCUT2D eigenvalue weighted by atomic mass is 35.5. The summed E-state index contributed by atoms with van der Waals surface area (Å²) in [6.45, 7) is 3.97. The molecule has 1 atom stereocenters. The van der Waals surface area contributed by atoms with E-state index >= 15 is 0 Å². The van der Waals surface area contributed by atoms with Gasteiger partial charge in [0, 0.05) is 21.3 Å². The lowest BCUT2D eigenvalue weighted by molar-refractivity contribution is -0.115. The van der Waals surface area contributed by atoms with Gasteiger partial charge in [0.15, 0.2) is 0 Å². The van der Waals surface area contributed by atoms with Gasteiger partial charge in [0.1, 0.15) is 0 Å². The van der Waals surface area contributed by atoms with Crippen molar-refractivity contribution in [1.82, 2.24) is 0 Å². The van der Waals surface area contributed by atoms with Gasteiger partial charge in [0.25, 0.3) is 5.91 Å². The van der Waals surface area contributed by atoms with E-state index in [1.165, 1.54) is 17.8 Å². The Bertz CT molecular complexity index is 1220. The second-order valence-corrected chi connectivity index (χ2v) is 9.53. The molecule has 0 aliphatic rings. The predicted molar refractivity (Wildman–Crippen MR) is 142 cm³/mol. The number of hydrogen-bond acceptors (Lipinski definition) is 5. The lowest BCUT2D eigenvalue weighted by atomic mass is 10.2. The topological polar surface area (TPSA) is 84.5 Å². The van der Waals surface area contributed by atoms with Crippen LogP contribution in [0.4, 0.5) is 11.4 Å². The number of thioether (sulfide) groups is 1. The Hall–Kier alpha value is -3.00. The summed E-state index contributed by atoms with van der Waals surface area (Å²) >= 11 is 13.4. The number of anilines is 2. The molecule has 0 fully saturated rings. The minimum atomic E-state index is -0.405. The third-order valence-electron chi connectivity index (χ3n) is 4.87. The second kappa shape index (κ2) is 12.6. The summed E-state index contributed by atoms with van der Waals surface area (Å²) in [5.74, 6) is -0.925. The molecular formula is C26H24Cl2N2O4S. The van der Waals surface area contributed by atoms with Crippen molar-refractivity contribution in [1.29, 1.82) is 0 Å². The normalized spacial score (nSPS) is 11.4. The zero-order valence-corrected chi connectivity index (χ0v) is 21.5. The van der Waals surface area contributed by atoms with Crippen LogP contribution >= 0.6 is 35.0 Å². The Morgan fingerprint density at radius 3 is 2.31 bits per heavy atom. The van der Waals surface area contributed by atoms with Crippen molar-refractivity contribution in [3.05, 3.63) is 87.9 Å². The van der Waals surface area contributed by atoms with Crippen molar-refractivity contribution in [3.8, 4) is 0 Å². The molecule has 3 aromatic carbocycles. The molecule has 0 bridgehead atoms. The van der Waals surface area contributed by atoms with Crippen molar-refractivity contribution in [2.45, 2.75) is 30.4 Å². The van der Waals surface area contributed by atoms with Crippen LogP contribution in [0.2, 0.25) is 10.0 Å². The monoisotopic (exact) mass is 530 g/mol. The minimum absolute atomic E-state index is 0.163. The van der Waals surface area contributed by atoms with E-state index in [1.807, 2.05) is 13.0 Å². The molecule has 3 rings (SSSR count). The van der Waals surface area contributed by atoms with Crippen LogP contribution in [-0.2, 0) is 9.53 Å². The first-order valence-electron chi connectivity index (χ1n) is 10.9. The fourth-order valence-electron chi connectivity index (χ4n) is 3.13. The Morgan fingerprint density at radius 2 is 1.66 bits per heavy atom. The van der Waals surface area contributed by atoms with Gasteiger partial charge in [-0.1, -0.05) is 36.2 Å². The first-order chi connectivity index (χ1) is 16.8. The van der Waals surface area contributed by atoms with E-state index in [1.54, 1.807) is 61.5 Å². The number of ether oxygens (including phenoxy) is 1. The smallest absolute Gasteiger partial charge is 0.338 e. The summed E-state index contributed by atoms with van der Waals surface area (Å²) in [7, 11) is 0. The molecule has 0 saturated carbocycles. The number of rotatable bonds is 9. The first-order valence-corrected chi connectivity index (χ1v) is 12.6. The summed E-state index contributed by atoms with van der Waals surface area (Å²) in [4.78, 5) is 38.1. The first kappa shape index (κ1) is 26.6. The summed E-state index contributed by atoms with van der Waals surface area (Å²) in [5, 5.41) is 6.05. The number of halogens is 2. The van der Waals surface area contributed by atoms with Crippen LogP contribution in [0.25, 0.3) is 0 Å². The van der Waals surface area contributed by atoms with E-state index in [9.17, 15) is 14.4 Å². The molecule has 0 aliphatic heterocycles. The van der Waals surface area contributed by atoms with Crippen molar-refractivity contribution < 1.29 is 19.1 Å². The summed E-state index contributed by atoms with van der Waals surface area (Å²) in [5.41, 5.74) is 1.90. The molecule has 0 radical (unpaired) electrons. The van der Waals surface area contributed by atoms with Crippen LogP contribution in [0.15, 0.2) is 71.6 Å². The number of esters is 1. The highest BCUT2D eigenvalue weighted by molar-refractivity contribution is 8.00. The molecule has 3 aromatic rings. The van der Waals surface area contributed by atoms with Crippen molar-refractivity contribution in [3.63, 3.8) is 0 Å². The van der Waals surface area contributed by atoms with Crippen molar-refractivity contribution >= 4 is 64.1 Å². The highest BCUT2D eigenvalue weighted by Gasteiger charge is 2.19. The van der Waals surface area contributed by atoms with Crippen LogP contribution in [0, 0.1) is 0 Å². The standard InChI is InChI=1S/C26H24Cl2N2O4S/c1-3-23(25(32)29-18-11-8-16(9-12-18)26(33)34-4-2)35-20-7-5-6-19(15-20)30-24(31)21-13-10-17(27)14-22(21)28/h5-15,23H,3-4H2,1-2H3,(H,29,32)(H,30,31). The number of nitrogens with one attached hydrogen (secondary N) is 2. The molecule has 182 valence electrons. The van der Waals surface area contributed by atoms with E-state index < -0.39 is 5.97 Å². The highest BCUT2D eigenvalue weighted by Crippen LogP contribution is 2.29. The predicted octanol–water partition coefficient (Wildman–Crippen LogP) is 6.93. The quantitative estimate of drug-likeness (QED) is 0.231. The average Bonchev–Trinajstić information content (AvgIpc) is 2.83. The van der Waals surface area contributed by atoms with Crippen LogP contribution in [0.1, 0.15) is 41.0 Å². The van der Waals surface area contributed by atoms with Crippen LogP contribution in [0.5, 0.6) is 0 Å². The molecular weight excluding hydrogens is 507 g/mol. The van der Waals surface area contributed by atoms with E-state index in [4.69, 9.17) is 27.9 Å². The fraction of sp³-hybridized carbons (Fsp3) is 0.192. The number of benzene rings is 3. The molecule has 6 nitrogen and oxygen atoms in total. The molecule has 1 unspecified atom stereocenters. The maximum Gasteiger partial charge on any atom is 0.338 e. The lowest BCUT2D eigenvalue weighted by Gasteiger charge is -2.16. The van der Waals surface area contributed by atoms with E-state index in [2.05, 4.69) is 10.6 Å². The van der Waals surface area contributed by atoms with Gasteiger partial charge in [-0.25, -0.2) is 4.79 Å². The van der Waals surface area contributed by atoms with Crippen LogP contribution < -0.4 is 10.6 Å². The molecule has 0 saturated heterocycles. The molecule has 0 aromatic heterocycles. The lowest BCUT2D eigenvalue weighted by Crippen LogP contribution is -2.24.